The molecule has 104 valence electrons. The van der Waals surface area contributed by atoms with Crippen LogP contribution in [0.1, 0.15) is 18.4 Å². The quantitative estimate of drug-likeness (QED) is 0.856. The number of rotatable bonds is 4. The number of anilines is 1. The molecule has 2 aliphatic rings. The number of nitrogens with one attached hydrogen (secondary N) is 1. The Morgan fingerprint density at radius 2 is 2.25 bits per heavy atom. The summed E-state index contributed by atoms with van der Waals surface area (Å²) in [5.41, 5.74) is 2.66. The van der Waals surface area contributed by atoms with Crippen molar-refractivity contribution in [3.05, 3.63) is 41.5 Å². The van der Waals surface area contributed by atoms with Gasteiger partial charge in [-0.2, -0.15) is 0 Å². The van der Waals surface area contributed by atoms with E-state index in [2.05, 4.69) is 5.32 Å². The number of hydrogen-bond acceptors (Lipinski definition) is 3. The first-order valence-electron chi connectivity index (χ1n) is 6.86. The van der Waals surface area contributed by atoms with E-state index < -0.39 is 0 Å². The molecule has 1 saturated carbocycles. The van der Waals surface area contributed by atoms with Crippen LogP contribution in [-0.4, -0.2) is 18.5 Å². The maximum absolute atomic E-state index is 12.3. The lowest BCUT2D eigenvalue weighted by atomic mass is 9.95. The molecule has 1 amide bonds. The summed E-state index contributed by atoms with van der Waals surface area (Å²) in [5, 5.41) is 2.92. The molecule has 4 heteroatoms. The molecule has 0 saturated heterocycles. The van der Waals surface area contributed by atoms with E-state index in [1.54, 1.807) is 0 Å². The number of carbonyl (C=O) groups is 2. The molecular formula is C16H17NO3. The number of carbonyl (C=O) groups excluding carboxylic acids is 2. The molecule has 2 bridgehead atoms. The summed E-state index contributed by atoms with van der Waals surface area (Å²) >= 11 is 0. The second-order valence-electron chi connectivity index (χ2n) is 5.55. The summed E-state index contributed by atoms with van der Waals surface area (Å²) in [4.78, 5) is 22.8. The number of hydrogen-bond donors (Lipinski definition) is 1. The molecule has 1 aromatic rings. The molecule has 0 heterocycles. The van der Waals surface area contributed by atoms with Gasteiger partial charge >= 0.3 is 0 Å². The van der Waals surface area contributed by atoms with Crippen molar-refractivity contribution in [2.75, 3.05) is 5.32 Å². The lowest BCUT2D eigenvalue weighted by Gasteiger charge is -2.21. The van der Waals surface area contributed by atoms with Crippen LogP contribution in [0.15, 0.2) is 35.9 Å². The summed E-state index contributed by atoms with van der Waals surface area (Å²) in [6, 6.07) is 7.71. The second-order valence-corrected chi connectivity index (χ2v) is 5.55. The lowest BCUT2D eigenvalue weighted by molar-refractivity contribution is -0.135. The first-order chi connectivity index (χ1) is 9.67. The van der Waals surface area contributed by atoms with Crippen molar-refractivity contribution in [2.45, 2.75) is 25.9 Å². The van der Waals surface area contributed by atoms with Gasteiger partial charge in [0.25, 0.3) is 12.4 Å². The van der Waals surface area contributed by atoms with Gasteiger partial charge in [-0.05, 0) is 43.4 Å². The van der Waals surface area contributed by atoms with Crippen LogP contribution in [0.2, 0.25) is 0 Å². The molecule has 20 heavy (non-hydrogen) atoms. The Labute approximate surface area is 117 Å². The van der Waals surface area contributed by atoms with E-state index >= 15 is 0 Å². The van der Waals surface area contributed by atoms with E-state index in [1.807, 2.05) is 37.3 Å². The van der Waals surface area contributed by atoms with Gasteiger partial charge in [0.1, 0.15) is 6.10 Å². The van der Waals surface area contributed by atoms with E-state index in [-0.39, 0.29) is 17.9 Å². The van der Waals surface area contributed by atoms with Crippen molar-refractivity contribution in [3.8, 4) is 0 Å². The fourth-order valence-corrected chi connectivity index (χ4v) is 3.27. The normalized spacial score (nSPS) is 27.1. The summed E-state index contributed by atoms with van der Waals surface area (Å²) in [6.45, 7) is 2.47. The maximum Gasteiger partial charge on any atom is 0.293 e. The van der Waals surface area contributed by atoms with Gasteiger partial charge in [0, 0.05) is 17.2 Å². The van der Waals surface area contributed by atoms with Gasteiger partial charge in [-0.25, -0.2) is 0 Å². The van der Waals surface area contributed by atoms with Gasteiger partial charge in [-0.15, -0.1) is 0 Å². The highest BCUT2D eigenvalue weighted by Crippen LogP contribution is 2.45. The van der Waals surface area contributed by atoms with E-state index in [1.165, 1.54) is 0 Å². The number of allylic oxidation sites excluding steroid dienone is 1. The van der Waals surface area contributed by atoms with Crippen molar-refractivity contribution in [1.82, 2.24) is 0 Å². The summed E-state index contributed by atoms with van der Waals surface area (Å²) in [5.74, 6) is 0.334. The molecule has 0 spiro atoms. The average Bonchev–Trinajstić information content (AvgIpc) is 2.99. The molecule has 3 atom stereocenters. The van der Waals surface area contributed by atoms with Gasteiger partial charge in [-0.3, -0.25) is 9.59 Å². The van der Waals surface area contributed by atoms with Crippen LogP contribution >= 0.6 is 0 Å². The highest BCUT2D eigenvalue weighted by Gasteiger charge is 2.44. The highest BCUT2D eigenvalue weighted by molar-refractivity contribution is 6.04. The van der Waals surface area contributed by atoms with Crippen LogP contribution in [0.3, 0.4) is 0 Å². The third-order valence-electron chi connectivity index (χ3n) is 4.12. The lowest BCUT2D eigenvalue weighted by Crippen LogP contribution is -2.27. The number of benzene rings is 1. The van der Waals surface area contributed by atoms with Crippen LogP contribution < -0.4 is 5.32 Å². The third-order valence-corrected chi connectivity index (χ3v) is 4.12. The zero-order valence-electron chi connectivity index (χ0n) is 11.3. The number of ether oxygens (including phenoxy) is 1. The Balaban J connectivity index is 1.72. The van der Waals surface area contributed by atoms with Gasteiger partial charge in [0.2, 0.25) is 0 Å². The van der Waals surface area contributed by atoms with Gasteiger partial charge < -0.3 is 10.1 Å². The molecule has 2 aliphatic carbocycles. The highest BCUT2D eigenvalue weighted by atomic mass is 16.5. The van der Waals surface area contributed by atoms with Crippen molar-refractivity contribution in [3.63, 3.8) is 0 Å². The van der Waals surface area contributed by atoms with Crippen LogP contribution in [0.4, 0.5) is 5.69 Å². The molecule has 4 nitrogen and oxygen atoms in total. The molecule has 0 aliphatic heterocycles. The number of aryl methyl sites for hydroxylation is 1. The van der Waals surface area contributed by atoms with Crippen LogP contribution in [0.25, 0.3) is 0 Å². The smallest absolute Gasteiger partial charge is 0.293 e. The van der Waals surface area contributed by atoms with E-state index in [0.717, 1.165) is 29.7 Å². The van der Waals surface area contributed by atoms with Crippen LogP contribution in [0.5, 0.6) is 0 Å². The zero-order chi connectivity index (χ0) is 14.1. The Morgan fingerprint density at radius 3 is 2.95 bits per heavy atom. The summed E-state index contributed by atoms with van der Waals surface area (Å²) in [6.07, 6.45) is 3.64. The maximum atomic E-state index is 12.3. The Kier molecular flexibility index (Phi) is 3.30. The number of amides is 1. The predicted octanol–water partition coefficient (Wildman–Crippen LogP) is 2.44. The van der Waals surface area contributed by atoms with Crippen LogP contribution in [-0.2, 0) is 14.3 Å². The first kappa shape index (κ1) is 12.9. The average molecular weight is 271 g/mol. The van der Waals surface area contributed by atoms with Crippen molar-refractivity contribution in [2.24, 2.45) is 11.8 Å². The molecule has 0 radical (unpaired) electrons. The minimum absolute atomic E-state index is 0.0509. The summed E-state index contributed by atoms with van der Waals surface area (Å²) < 4.78 is 5.09. The summed E-state index contributed by atoms with van der Waals surface area (Å²) in [7, 11) is 0. The predicted molar refractivity (Wildman–Crippen MR) is 75.0 cm³/mol. The largest absolute Gasteiger partial charge is 0.464 e. The first-order valence-corrected chi connectivity index (χ1v) is 6.86. The monoisotopic (exact) mass is 271 g/mol. The Hall–Kier alpha value is -2.10. The molecule has 1 N–H and O–H groups in total. The van der Waals surface area contributed by atoms with Gasteiger partial charge in [-0.1, -0.05) is 18.2 Å². The third kappa shape index (κ3) is 2.33. The van der Waals surface area contributed by atoms with Crippen LogP contribution in [0, 0.1) is 18.8 Å². The fourth-order valence-electron chi connectivity index (χ4n) is 3.27. The Bertz CT molecular complexity index is 579. The molecule has 1 aromatic carbocycles. The van der Waals surface area contributed by atoms with E-state index in [4.69, 9.17) is 4.74 Å². The van der Waals surface area contributed by atoms with E-state index in [9.17, 15) is 9.59 Å². The molecule has 3 rings (SSSR count). The van der Waals surface area contributed by atoms with Crippen molar-refractivity contribution < 1.29 is 14.3 Å². The Morgan fingerprint density at radius 1 is 1.40 bits per heavy atom. The van der Waals surface area contributed by atoms with Crippen molar-refractivity contribution >= 4 is 18.1 Å². The second kappa shape index (κ2) is 5.12. The molecule has 0 aromatic heterocycles. The van der Waals surface area contributed by atoms with Gasteiger partial charge in [0.15, 0.2) is 0 Å². The topological polar surface area (TPSA) is 55.4 Å². The number of fused-ring (bicyclic) bond motifs is 2. The minimum Gasteiger partial charge on any atom is -0.464 e. The molecule has 1 fully saturated rings. The molecular weight excluding hydrogens is 254 g/mol. The fraction of sp³-hybridized carbons (Fsp3) is 0.375. The van der Waals surface area contributed by atoms with Crippen molar-refractivity contribution in [1.29, 1.82) is 0 Å². The molecule has 3 unspecified atom stereocenters. The zero-order valence-corrected chi connectivity index (χ0v) is 11.3. The van der Waals surface area contributed by atoms with Gasteiger partial charge in [0.05, 0.1) is 0 Å². The SMILES string of the molecule is Cc1cccc(NC(=O)C2=CC3CC(OC=O)C2C3)c1. The minimum atomic E-state index is -0.138. The van der Waals surface area contributed by atoms with E-state index in [0.29, 0.717) is 12.4 Å². The standard InChI is InChI=1S/C16H17NO3/c1-10-3-2-4-12(5-10)17-16(19)14-7-11-6-13(14)15(8-11)20-9-18/h2-5,7,9,11,13,15H,6,8H2,1H3,(H,17,19).